The minimum absolute atomic E-state index is 0.228. The molecular formula is C16H25BrClNO. The van der Waals surface area contributed by atoms with Gasteiger partial charge in [-0.3, -0.25) is 0 Å². The zero-order chi connectivity index (χ0) is 15.0. The summed E-state index contributed by atoms with van der Waals surface area (Å²) in [6.45, 7) is 5.37. The average molecular weight is 363 g/mol. The zero-order valence-corrected chi connectivity index (χ0v) is 14.9. The van der Waals surface area contributed by atoms with E-state index < -0.39 is 0 Å². The van der Waals surface area contributed by atoms with Crippen molar-refractivity contribution in [2.24, 2.45) is 0 Å². The number of halogens is 2. The summed E-state index contributed by atoms with van der Waals surface area (Å²) in [4.78, 5) is 0. The molecule has 2 nitrogen and oxygen atoms in total. The van der Waals surface area contributed by atoms with Gasteiger partial charge in [-0.15, -0.1) is 0 Å². The predicted octanol–water partition coefficient (Wildman–Crippen LogP) is 4.83. The third-order valence-corrected chi connectivity index (χ3v) is 4.28. The first-order valence-electron chi connectivity index (χ1n) is 7.32. The molecule has 4 heteroatoms. The lowest BCUT2D eigenvalue weighted by atomic mass is 9.98. The van der Waals surface area contributed by atoms with Crippen LogP contribution in [0.5, 0.6) is 0 Å². The maximum absolute atomic E-state index is 6.33. The van der Waals surface area contributed by atoms with Gasteiger partial charge in [-0.05, 0) is 43.5 Å². The third-order valence-electron chi connectivity index (χ3n) is 3.44. The monoisotopic (exact) mass is 361 g/mol. The highest BCUT2D eigenvalue weighted by Crippen LogP contribution is 2.24. The maximum Gasteiger partial charge on any atom is 0.0727 e. The van der Waals surface area contributed by atoms with E-state index in [-0.39, 0.29) is 6.10 Å². The highest BCUT2D eigenvalue weighted by atomic mass is 79.9. The van der Waals surface area contributed by atoms with Crippen molar-refractivity contribution in [3.8, 4) is 0 Å². The molecule has 1 aromatic rings. The van der Waals surface area contributed by atoms with Crippen LogP contribution in [0.15, 0.2) is 22.7 Å². The van der Waals surface area contributed by atoms with E-state index in [4.69, 9.17) is 16.3 Å². The fourth-order valence-electron chi connectivity index (χ4n) is 2.36. The number of ether oxygens (including phenoxy) is 1. The van der Waals surface area contributed by atoms with Gasteiger partial charge in [0.2, 0.25) is 0 Å². The Morgan fingerprint density at radius 2 is 2.05 bits per heavy atom. The Kier molecular flexibility index (Phi) is 8.78. The molecule has 0 radical (unpaired) electrons. The Labute approximate surface area is 136 Å². The Bertz CT molecular complexity index is 400. The zero-order valence-electron chi connectivity index (χ0n) is 12.6. The SMILES string of the molecule is CCCNC(Cc1ccc(Br)cc1Cl)C(CCC)OC. The van der Waals surface area contributed by atoms with Gasteiger partial charge in [0.15, 0.2) is 0 Å². The smallest absolute Gasteiger partial charge is 0.0727 e. The predicted molar refractivity (Wildman–Crippen MR) is 90.6 cm³/mol. The van der Waals surface area contributed by atoms with Crippen LogP contribution in [0.25, 0.3) is 0 Å². The van der Waals surface area contributed by atoms with Crippen LogP contribution in [0.2, 0.25) is 5.02 Å². The molecule has 0 amide bonds. The Morgan fingerprint density at radius 3 is 2.60 bits per heavy atom. The topological polar surface area (TPSA) is 21.3 Å². The molecule has 0 aliphatic rings. The molecule has 0 aliphatic heterocycles. The van der Waals surface area contributed by atoms with Crippen molar-refractivity contribution in [2.75, 3.05) is 13.7 Å². The molecule has 0 fully saturated rings. The van der Waals surface area contributed by atoms with Gasteiger partial charge in [0.05, 0.1) is 6.10 Å². The molecular weight excluding hydrogens is 338 g/mol. The van der Waals surface area contributed by atoms with Crippen LogP contribution in [0.3, 0.4) is 0 Å². The first kappa shape index (κ1) is 18.0. The van der Waals surface area contributed by atoms with Crippen LogP contribution in [0.4, 0.5) is 0 Å². The van der Waals surface area contributed by atoms with E-state index in [1.165, 1.54) is 5.56 Å². The molecule has 1 rings (SSSR count). The van der Waals surface area contributed by atoms with Crippen LogP contribution >= 0.6 is 27.5 Å². The lowest BCUT2D eigenvalue weighted by Crippen LogP contribution is -2.43. The summed E-state index contributed by atoms with van der Waals surface area (Å²) in [7, 11) is 1.80. The van der Waals surface area contributed by atoms with Crippen molar-refractivity contribution >= 4 is 27.5 Å². The lowest BCUT2D eigenvalue weighted by Gasteiger charge is -2.27. The first-order valence-corrected chi connectivity index (χ1v) is 8.49. The average Bonchev–Trinajstić information content (AvgIpc) is 2.43. The Morgan fingerprint density at radius 1 is 1.30 bits per heavy atom. The minimum Gasteiger partial charge on any atom is -0.380 e. The van der Waals surface area contributed by atoms with Gasteiger partial charge in [-0.2, -0.15) is 0 Å². The molecule has 1 N–H and O–H groups in total. The Hall–Kier alpha value is -0.0900. The van der Waals surface area contributed by atoms with Gasteiger partial charge in [0.1, 0.15) is 0 Å². The standard InChI is InChI=1S/C16H25BrClNO/c1-4-6-16(20-3)15(19-9-5-2)10-12-7-8-13(17)11-14(12)18/h7-8,11,15-16,19H,4-6,9-10H2,1-3H3. The summed E-state index contributed by atoms with van der Waals surface area (Å²) in [5.74, 6) is 0. The van der Waals surface area contributed by atoms with Crippen LogP contribution in [0.1, 0.15) is 38.7 Å². The maximum atomic E-state index is 6.33. The van der Waals surface area contributed by atoms with E-state index in [1.54, 1.807) is 7.11 Å². The second kappa shape index (κ2) is 9.78. The number of hydrogen-bond donors (Lipinski definition) is 1. The van der Waals surface area contributed by atoms with Gasteiger partial charge in [0.25, 0.3) is 0 Å². The van der Waals surface area contributed by atoms with Crippen LogP contribution < -0.4 is 5.32 Å². The number of benzene rings is 1. The second-order valence-electron chi connectivity index (χ2n) is 5.06. The molecule has 0 spiro atoms. The quantitative estimate of drug-likeness (QED) is 0.679. The molecule has 0 aliphatic carbocycles. The molecule has 20 heavy (non-hydrogen) atoms. The minimum atomic E-state index is 0.228. The summed E-state index contributed by atoms with van der Waals surface area (Å²) in [5, 5.41) is 4.41. The number of hydrogen-bond acceptors (Lipinski definition) is 2. The molecule has 0 heterocycles. The molecule has 2 atom stereocenters. The van der Waals surface area contributed by atoms with Crippen molar-refractivity contribution in [3.05, 3.63) is 33.3 Å². The van der Waals surface area contributed by atoms with E-state index in [2.05, 4.69) is 41.2 Å². The molecule has 0 saturated carbocycles. The molecule has 2 unspecified atom stereocenters. The van der Waals surface area contributed by atoms with Gasteiger partial charge < -0.3 is 10.1 Å². The lowest BCUT2D eigenvalue weighted by molar-refractivity contribution is 0.0609. The second-order valence-corrected chi connectivity index (χ2v) is 6.39. The van der Waals surface area contributed by atoms with E-state index in [1.807, 2.05) is 12.1 Å². The molecule has 0 saturated heterocycles. The van der Waals surface area contributed by atoms with Crippen molar-refractivity contribution in [2.45, 2.75) is 51.7 Å². The summed E-state index contributed by atoms with van der Waals surface area (Å²) < 4.78 is 6.69. The van der Waals surface area contributed by atoms with Gasteiger partial charge in [-0.25, -0.2) is 0 Å². The number of nitrogens with one attached hydrogen (secondary N) is 1. The van der Waals surface area contributed by atoms with Gasteiger partial charge >= 0.3 is 0 Å². The van der Waals surface area contributed by atoms with Gasteiger partial charge in [0, 0.05) is 22.6 Å². The summed E-state index contributed by atoms with van der Waals surface area (Å²) in [6.07, 6.45) is 4.42. The first-order chi connectivity index (χ1) is 9.62. The number of methoxy groups -OCH3 is 1. The van der Waals surface area contributed by atoms with E-state index in [0.29, 0.717) is 6.04 Å². The van der Waals surface area contributed by atoms with Crippen molar-refractivity contribution in [1.82, 2.24) is 5.32 Å². The van der Waals surface area contributed by atoms with Crippen molar-refractivity contribution < 1.29 is 4.74 Å². The normalized spacial score (nSPS) is 14.2. The highest BCUT2D eigenvalue weighted by molar-refractivity contribution is 9.10. The van der Waals surface area contributed by atoms with E-state index >= 15 is 0 Å². The largest absolute Gasteiger partial charge is 0.380 e. The summed E-state index contributed by atoms with van der Waals surface area (Å²) in [5.41, 5.74) is 1.17. The summed E-state index contributed by atoms with van der Waals surface area (Å²) in [6, 6.07) is 6.39. The molecule has 114 valence electrons. The highest BCUT2D eigenvalue weighted by Gasteiger charge is 2.21. The third kappa shape index (κ3) is 5.72. The fraction of sp³-hybridized carbons (Fsp3) is 0.625. The fourth-order valence-corrected chi connectivity index (χ4v) is 3.11. The number of rotatable bonds is 9. The summed E-state index contributed by atoms with van der Waals surface area (Å²) >= 11 is 9.78. The van der Waals surface area contributed by atoms with Crippen LogP contribution in [-0.2, 0) is 11.2 Å². The van der Waals surface area contributed by atoms with Crippen molar-refractivity contribution in [1.29, 1.82) is 0 Å². The van der Waals surface area contributed by atoms with Crippen LogP contribution in [-0.4, -0.2) is 25.8 Å². The Balaban J connectivity index is 2.81. The van der Waals surface area contributed by atoms with E-state index in [0.717, 1.165) is 41.7 Å². The molecule has 1 aromatic carbocycles. The van der Waals surface area contributed by atoms with Crippen LogP contribution in [0, 0.1) is 0 Å². The van der Waals surface area contributed by atoms with E-state index in [9.17, 15) is 0 Å². The molecule has 0 bridgehead atoms. The van der Waals surface area contributed by atoms with Gasteiger partial charge in [-0.1, -0.05) is 53.9 Å². The van der Waals surface area contributed by atoms with Crippen molar-refractivity contribution in [3.63, 3.8) is 0 Å². The molecule has 0 aromatic heterocycles.